The molecule has 0 spiro atoms. The summed E-state index contributed by atoms with van der Waals surface area (Å²) in [6.07, 6.45) is 5.58. The molecule has 1 aliphatic heterocycles. The minimum atomic E-state index is 0.0148. The standard InChI is InChI=1S/C15H21N5OS/c1-3-20-6-4-12(5-7-20)19(2)15(21)13-10-22-14(18-13)11-8-16-17-9-11/h8-10,12H,3-7H2,1-2H3,(H,16,17). The molecule has 1 aliphatic rings. The number of nitrogens with one attached hydrogen (secondary N) is 1. The summed E-state index contributed by atoms with van der Waals surface area (Å²) in [6, 6.07) is 0.314. The van der Waals surface area contributed by atoms with Gasteiger partial charge < -0.3 is 9.80 Å². The van der Waals surface area contributed by atoms with Crippen LogP contribution in [0.5, 0.6) is 0 Å². The maximum atomic E-state index is 12.6. The maximum absolute atomic E-state index is 12.6. The number of carbonyl (C=O) groups is 1. The number of hydrogen-bond acceptors (Lipinski definition) is 5. The van der Waals surface area contributed by atoms with E-state index in [2.05, 4.69) is 27.0 Å². The lowest BCUT2D eigenvalue weighted by atomic mass is 10.0. The second kappa shape index (κ2) is 6.58. The number of H-pyrrole nitrogens is 1. The first kappa shape index (κ1) is 15.2. The van der Waals surface area contributed by atoms with Crippen molar-refractivity contribution < 1.29 is 4.79 Å². The Bertz CT molecular complexity index is 616. The van der Waals surface area contributed by atoms with E-state index in [4.69, 9.17) is 0 Å². The van der Waals surface area contributed by atoms with Gasteiger partial charge in [-0.1, -0.05) is 6.92 Å². The molecule has 0 saturated carbocycles. The van der Waals surface area contributed by atoms with Crippen molar-refractivity contribution in [2.75, 3.05) is 26.7 Å². The highest BCUT2D eigenvalue weighted by Crippen LogP contribution is 2.24. The lowest BCUT2D eigenvalue weighted by Gasteiger charge is -2.36. The number of carbonyl (C=O) groups excluding carboxylic acids is 1. The fraction of sp³-hybridized carbons (Fsp3) is 0.533. The van der Waals surface area contributed by atoms with E-state index >= 15 is 0 Å². The number of amides is 1. The van der Waals surface area contributed by atoms with Gasteiger partial charge in [0.2, 0.25) is 0 Å². The van der Waals surface area contributed by atoms with Crippen LogP contribution in [-0.2, 0) is 0 Å². The largest absolute Gasteiger partial charge is 0.337 e. The summed E-state index contributed by atoms with van der Waals surface area (Å²) >= 11 is 1.48. The zero-order chi connectivity index (χ0) is 15.5. The average Bonchev–Trinajstić information content (AvgIpc) is 3.24. The second-order valence-electron chi connectivity index (χ2n) is 5.61. The zero-order valence-corrected chi connectivity index (χ0v) is 13.8. The van der Waals surface area contributed by atoms with Gasteiger partial charge in [0.25, 0.3) is 5.91 Å². The first-order chi connectivity index (χ1) is 10.7. The Morgan fingerprint density at radius 3 is 2.91 bits per heavy atom. The summed E-state index contributed by atoms with van der Waals surface area (Å²) in [5.41, 5.74) is 1.45. The Labute approximate surface area is 134 Å². The van der Waals surface area contributed by atoms with Gasteiger partial charge in [-0.15, -0.1) is 11.3 Å². The average molecular weight is 319 g/mol. The first-order valence-corrected chi connectivity index (χ1v) is 8.51. The number of nitrogens with zero attached hydrogens (tertiary/aromatic N) is 4. The Balaban J connectivity index is 1.66. The topological polar surface area (TPSA) is 65.1 Å². The van der Waals surface area contributed by atoms with E-state index in [-0.39, 0.29) is 5.91 Å². The molecule has 0 aromatic carbocycles. The molecule has 3 heterocycles. The molecule has 22 heavy (non-hydrogen) atoms. The Hall–Kier alpha value is -1.73. The molecule has 6 nitrogen and oxygen atoms in total. The van der Waals surface area contributed by atoms with Crippen molar-refractivity contribution in [1.82, 2.24) is 25.0 Å². The lowest BCUT2D eigenvalue weighted by molar-refractivity contribution is 0.0642. The van der Waals surface area contributed by atoms with Gasteiger partial charge in [-0.3, -0.25) is 9.89 Å². The van der Waals surface area contributed by atoms with Crippen LogP contribution in [0.25, 0.3) is 10.6 Å². The molecule has 2 aromatic heterocycles. The maximum Gasteiger partial charge on any atom is 0.273 e. The minimum Gasteiger partial charge on any atom is -0.337 e. The van der Waals surface area contributed by atoms with Crippen molar-refractivity contribution in [1.29, 1.82) is 0 Å². The molecule has 2 aromatic rings. The van der Waals surface area contributed by atoms with Crippen LogP contribution in [0.3, 0.4) is 0 Å². The molecule has 7 heteroatoms. The summed E-state index contributed by atoms with van der Waals surface area (Å²) in [4.78, 5) is 21.4. The van der Waals surface area contributed by atoms with Gasteiger partial charge in [-0.2, -0.15) is 5.10 Å². The highest BCUT2D eigenvalue weighted by Gasteiger charge is 2.26. The molecule has 0 bridgehead atoms. The Kier molecular flexibility index (Phi) is 4.54. The van der Waals surface area contributed by atoms with Gasteiger partial charge in [0.1, 0.15) is 10.7 Å². The number of likely N-dealkylation sites (tertiary alicyclic amines) is 1. The number of piperidine rings is 1. The van der Waals surface area contributed by atoms with Gasteiger partial charge in [0.05, 0.1) is 6.20 Å². The molecule has 1 amide bonds. The van der Waals surface area contributed by atoms with Crippen molar-refractivity contribution in [3.8, 4) is 10.6 Å². The summed E-state index contributed by atoms with van der Waals surface area (Å²) < 4.78 is 0. The van der Waals surface area contributed by atoms with Crippen molar-refractivity contribution in [3.05, 3.63) is 23.5 Å². The van der Waals surface area contributed by atoms with E-state index in [0.29, 0.717) is 11.7 Å². The van der Waals surface area contributed by atoms with E-state index in [1.165, 1.54) is 11.3 Å². The molecular weight excluding hydrogens is 298 g/mol. The van der Waals surface area contributed by atoms with Crippen LogP contribution >= 0.6 is 11.3 Å². The number of aromatic amines is 1. The van der Waals surface area contributed by atoms with Gasteiger partial charge in [0.15, 0.2) is 0 Å². The van der Waals surface area contributed by atoms with E-state index in [1.54, 1.807) is 12.4 Å². The van der Waals surface area contributed by atoms with Crippen LogP contribution in [0.2, 0.25) is 0 Å². The van der Waals surface area contributed by atoms with Gasteiger partial charge in [-0.25, -0.2) is 4.98 Å². The normalized spacial score (nSPS) is 16.8. The molecule has 118 valence electrons. The molecular formula is C15H21N5OS. The summed E-state index contributed by atoms with van der Waals surface area (Å²) in [7, 11) is 1.89. The third-order valence-electron chi connectivity index (χ3n) is 4.34. The third-order valence-corrected chi connectivity index (χ3v) is 5.23. The number of aromatic nitrogens is 3. The molecule has 0 unspecified atom stereocenters. The minimum absolute atomic E-state index is 0.0148. The summed E-state index contributed by atoms with van der Waals surface area (Å²) in [6.45, 7) is 5.40. The third kappa shape index (κ3) is 3.05. The van der Waals surface area contributed by atoms with Crippen LogP contribution in [0.1, 0.15) is 30.3 Å². The zero-order valence-electron chi connectivity index (χ0n) is 13.0. The molecule has 0 aliphatic carbocycles. The Morgan fingerprint density at radius 2 is 2.27 bits per heavy atom. The predicted molar refractivity (Wildman–Crippen MR) is 86.9 cm³/mol. The van der Waals surface area contributed by atoms with Crippen molar-refractivity contribution in [2.24, 2.45) is 0 Å². The number of hydrogen-bond donors (Lipinski definition) is 1. The molecule has 1 saturated heterocycles. The number of rotatable bonds is 4. The molecule has 3 rings (SSSR count). The van der Waals surface area contributed by atoms with E-state index in [1.807, 2.05) is 17.3 Å². The summed E-state index contributed by atoms with van der Waals surface area (Å²) in [5, 5.41) is 9.35. The van der Waals surface area contributed by atoms with E-state index < -0.39 is 0 Å². The summed E-state index contributed by atoms with van der Waals surface area (Å²) in [5.74, 6) is 0.0148. The highest BCUT2D eigenvalue weighted by molar-refractivity contribution is 7.13. The van der Waals surface area contributed by atoms with Crippen LogP contribution in [0, 0.1) is 0 Å². The SMILES string of the molecule is CCN1CCC(N(C)C(=O)c2csc(-c3cn[nH]c3)n2)CC1. The van der Waals surface area contributed by atoms with Crippen LogP contribution in [-0.4, -0.2) is 63.6 Å². The molecule has 1 N–H and O–H groups in total. The van der Waals surface area contributed by atoms with Gasteiger partial charge in [0, 0.05) is 43.3 Å². The first-order valence-electron chi connectivity index (χ1n) is 7.63. The molecule has 1 fully saturated rings. The van der Waals surface area contributed by atoms with Crippen LogP contribution < -0.4 is 0 Å². The van der Waals surface area contributed by atoms with Gasteiger partial charge in [-0.05, 0) is 19.4 Å². The second-order valence-corrected chi connectivity index (χ2v) is 6.46. The van der Waals surface area contributed by atoms with Crippen LogP contribution in [0.4, 0.5) is 0 Å². The molecule has 0 radical (unpaired) electrons. The van der Waals surface area contributed by atoms with Crippen LogP contribution in [0.15, 0.2) is 17.8 Å². The van der Waals surface area contributed by atoms with E-state index in [9.17, 15) is 4.79 Å². The Morgan fingerprint density at radius 1 is 1.50 bits per heavy atom. The fourth-order valence-electron chi connectivity index (χ4n) is 2.84. The van der Waals surface area contributed by atoms with Gasteiger partial charge >= 0.3 is 0 Å². The molecule has 0 atom stereocenters. The monoisotopic (exact) mass is 319 g/mol. The quantitative estimate of drug-likeness (QED) is 0.937. The fourth-order valence-corrected chi connectivity index (χ4v) is 3.62. The number of thiazole rings is 1. The predicted octanol–water partition coefficient (Wildman–Crippen LogP) is 2.09. The smallest absolute Gasteiger partial charge is 0.273 e. The lowest BCUT2D eigenvalue weighted by Crippen LogP contribution is -2.45. The van der Waals surface area contributed by atoms with E-state index in [0.717, 1.165) is 43.0 Å². The van der Waals surface area contributed by atoms with Crippen molar-refractivity contribution in [2.45, 2.75) is 25.8 Å². The highest BCUT2D eigenvalue weighted by atomic mass is 32.1. The van der Waals surface area contributed by atoms with Crippen molar-refractivity contribution in [3.63, 3.8) is 0 Å². The van der Waals surface area contributed by atoms with Crippen molar-refractivity contribution >= 4 is 17.2 Å².